The molecule has 80 valence electrons. The molecule has 0 aromatic carbocycles. The molecule has 0 bridgehead atoms. The van der Waals surface area contributed by atoms with Crippen LogP contribution in [0.2, 0.25) is 0 Å². The summed E-state index contributed by atoms with van der Waals surface area (Å²) in [4.78, 5) is 32.6. The molecule has 0 fully saturated rings. The topological polar surface area (TPSA) is 101 Å². The van der Waals surface area contributed by atoms with Gasteiger partial charge in [0.2, 0.25) is 0 Å². The number of hydrogen-bond acceptors (Lipinski definition) is 4. The fraction of sp³-hybridized carbons (Fsp3) is 0.250. The molecule has 1 aromatic rings. The van der Waals surface area contributed by atoms with E-state index in [4.69, 9.17) is 5.11 Å². The SMILES string of the molecule is CNC(=O)c1ccc(=O)n(CC(=O)O)n1. The van der Waals surface area contributed by atoms with Crippen LogP contribution in [0, 0.1) is 0 Å². The number of hydrogen-bond donors (Lipinski definition) is 2. The van der Waals surface area contributed by atoms with Crippen molar-refractivity contribution in [3.8, 4) is 0 Å². The zero-order chi connectivity index (χ0) is 11.4. The Labute approximate surface area is 84.3 Å². The van der Waals surface area contributed by atoms with Gasteiger partial charge < -0.3 is 10.4 Å². The Morgan fingerprint density at radius 3 is 2.73 bits per heavy atom. The summed E-state index contributed by atoms with van der Waals surface area (Å²) in [6.45, 7) is -0.566. The van der Waals surface area contributed by atoms with Crippen molar-refractivity contribution in [3.05, 3.63) is 28.2 Å². The van der Waals surface area contributed by atoms with Gasteiger partial charge in [-0.1, -0.05) is 0 Å². The van der Waals surface area contributed by atoms with Crippen LogP contribution in [0.25, 0.3) is 0 Å². The van der Waals surface area contributed by atoms with Crippen LogP contribution in [0.3, 0.4) is 0 Å². The quantitative estimate of drug-likeness (QED) is 0.646. The van der Waals surface area contributed by atoms with E-state index in [1.165, 1.54) is 13.1 Å². The summed E-state index contributed by atoms with van der Waals surface area (Å²) < 4.78 is 0.715. The van der Waals surface area contributed by atoms with Crippen LogP contribution in [0.5, 0.6) is 0 Å². The largest absolute Gasteiger partial charge is 0.480 e. The van der Waals surface area contributed by atoms with Crippen molar-refractivity contribution in [3.63, 3.8) is 0 Å². The van der Waals surface area contributed by atoms with Crippen molar-refractivity contribution >= 4 is 11.9 Å². The van der Waals surface area contributed by atoms with Crippen LogP contribution in [0.15, 0.2) is 16.9 Å². The Balaban J connectivity index is 3.10. The highest BCUT2D eigenvalue weighted by Crippen LogP contribution is 1.89. The van der Waals surface area contributed by atoms with Crippen LogP contribution in [-0.4, -0.2) is 33.8 Å². The van der Waals surface area contributed by atoms with E-state index in [1.54, 1.807) is 0 Å². The molecular formula is C8H9N3O4. The van der Waals surface area contributed by atoms with Gasteiger partial charge in [-0.05, 0) is 6.07 Å². The summed E-state index contributed by atoms with van der Waals surface area (Å²) in [5.74, 6) is -1.67. The van der Waals surface area contributed by atoms with Crippen LogP contribution >= 0.6 is 0 Å². The highest BCUT2D eigenvalue weighted by atomic mass is 16.4. The number of amides is 1. The van der Waals surface area contributed by atoms with E-state index in [0.717, 1.165) is 6.07 Å². The predicted molar refractivity (Wildman–Crippen MR) is 49.5 cm³/mol. The molecule has 0 radical (unpaired) electrons. The fourth-order valence-corrected chi connectivity index (χ4v) is 0.939. The highest BCUT2D eigenvalue weighted by molar-refractivity contribution is 5.91. The molecule has 15 heavy (non-hydrogen) atoms. The average Bonchev–Trinajstić information content (AvgIpc) is 2.19. The van der Waals surface area contributed by atoms with Gasteiger partial charge in [-0.3, -0.25) is 14.4 Å². The van der Waals surface area contributed by atoms with Gasteiger partial charge in [-0.2, -0.15) is 5.10 Å². The van der Waals surface area contributed by atoms with E-state index < -0.39 is 24.0 Å². The lowest BCUT2D eigenvalue weighted by molar-refractivity contribution is -0.138. The van der Waals surface area contributed by atoms with E-state index in [1.807, 2.05) is 0 Å². The van der Waals surface area contributed by atoms with Crippen LogP contribution < -0.4 is 10.9 Å². The lowest BCUT2D eigenvalue weighted by atomic mass is 10.4. The Morgan fingerprint density at radius 2 is 2.20 bits per heavy atom. The van der Waals surface area contributed by atoms with Crippen molar-refractivity contribution in [1.29, 1.82) is 0 Å². The van der Waals surface area contributed by atoms with Crippen molar-refractivity contribution in [2.24, 2.45) is 0 Å². The van der Waals surface area contributed by atoms with Gasteiger partial charge >= 0.3 is 5.97 Å². The Morgan fingerprint density at radius 1 is 1.53 bits per heavy atom. The minimum absolute atomic E-state index is 0.00153. The number of rotatable bonds is 3. The van der Waals surface area contributed by atoms with Crippen LogP contribution in [-0.2, 0) is 11.3 Å². The summed E-state index contributed by atoms with van der Waals surface area (Å²) in [5.41, 5.74) is -0.566. The number of carbonyl (C=O) groups excluding carboxylic acids is 1. The second kappa shape index (κ2) is 4.36. The molecule has 1 amide bonds. The third-order valence-electron chi connectivity index (χ3n) is 1.61. The monoisotopic (exact) mass is 211 g/mol. The van der Waals surface area contributed by atoms with Gasteiger partial charge in [-0.25, -0.2) is 4.68 Å². The van der Waals surface area contributed by atoms with Gasteiger partial charge in [0.1, 0.15) is 12.2 Å². The number of carbonyl (C=O) groups is 2. The first-order valence-electron chi connectivity index (χ1n) is 4.06. The molecule has 0 aliphatic heterocycles. The standard InChI is InChI=1S/C8H9N3O4/c1-9-8(15)5-2-3-6(12)11(10-5)4-7(13)14/h2-3H,4H2,1H3,(H,9,15)(H,13,14). The first-order chi connectivity index (χ1) is 7.04. The predicted octanol–water partition coefficient (Wildman–Crippen LogP) is -1.31. The summed E-state index contributed by atoms with van der Waals surface area (Å²) in [6, 6.07) is 2.33. The number of nitrogens with zero attached hydrogens (tertiary/aromatic N) is 2. The van der Waals surface area contributed by atoms with Crippen molar-refractivity contribution in [2.75, 3.05) is 7.05 Å². The second-order valence-electron chi connectivity index (χ2n) is 2.69. The molecular weight excluding hydrogens is 202 g/mol. The summed E-state index contributed by atoms with van der Waals surface area (Å²) in [5, 5.41) is 14.4. The van der Waals surface area contributed by atoms with E-state index in [-0.39, 0.29) is 5.69 Å². The Kier molecular flexibility index (Phi) is 3.17. The van der Waals surface area contributed by atoms with Gasteiger partial charge in [0.25, 0.3) is 11.5 Å². The molecule has 1 heterocycles. The zero-order valence-corrected chi connectivity index (χ0v) is 7.93. The molecule has 1 rings (SSSR count). The molecule has 0 saturated heterocycles. The molecule has 0 aliphatic rings. The molecule has 2 N–H and O–H groups in total. The smallest absolute Gasteiger partial charge is 0.325 e. The van der Waals surface area contributed by atoms with Crippen LogP contribution in [0.4, 0.5) is 0 Å². The molecule has 7 nitrogen and oxygen atoms in total. The minimum Gasteiger partial charge on any atom is -0.480 e. The Bertz CT molecular complexity index is 451. The van der Waals surface area contributed by atoms with E-state index >= 15 is 0 Å². The number of aliphatic carboxylic acids is 1. The van der Waals surface area contributed by atoms with E-state index in [9.17, 15) is 14.4 Å². The summed E-state index contributed by atoms with van der Waals surface area (Å²) >= 11 is 0. The number of carboxylic acids is 1. The molecule has 0 atom stereocenters. The first kappa shape index (κ1) is 10.9. The van der Waals surface area contributed by atoms with E-state index in [2.05, 4.69) is 10.4 Å². The molecule has 0 spiro atoms. The molecule has 0 aliphatic carbocycles. The molecule has 1 aromatic heterocycles. The van der Waals surface area contributed by atoms with Gasteiger partial charge in [0.15, 0.2) is 0 Å². The van der Waals surface area contributed by atoms with Crippen molar-refractivity contribution < 1.29 is 14.7 Å². The third-order valence-corrected chi connectivity index (χ3v) is 1.61. The normalized spacial score (nSPS) is 9.67. The zero-order valence-electron chi connectivity index (χ0n) is 7.93. The molecule has 0 saturated carbocycles. The Hall–Kier alpha value is -2.18. The van der Waals surface area contributed by atoms with Gasteiger partial charge in [0.05, 0.1) is 0 Å². The van der Waals surface area contributed by atoms with Crippen molar-refractivity contribution in [2.45, 2.75) is 6.54 Å². The highest BCUT2D eigenvalue weighted by Gasteiger charge is 2.09. The minimum atomic E-state index is -1.20. The van der Waals surface area contributed by atoms with E-state index in [0.29, 0.717) is 4.68 Å². The fourth-order valence-electron chi connectivity index (χ4n) is 0.939. The first-order valence-corrected chi connectivity index (χ1v) is 4.06. The average molecular weight is 211 g/mol. The summed E-state index contributed by atoms with van der Waals surface area (Å²) in [6.07, 6.45) is 0. The van der Waals surface area contributed by atoms with Crippen LogP contribution in [0.1, 0.15) is 10.5 Å². The van der Waals surface area contributed by atoms with Gasteiger partial charge in [-0.15, -0.1) is 0 Å². The maximum Gasteiger partial charge on any atom is 0.325 e. The molecule has 7 heteroatoms. The number of aromatic nitrogens is 2. The number of nitrogens with one attached hydrogen (secondary N) is 1. The lowest BCUT2D eigenvalue weighted by Gasteiger charge is -2.02. The summed E-state index contributed by atoms with van der Waals surface area (Å²) in [7, 11) is 1.41. The second-order valence-corrected chi connectivity index (χ2v) is 2.69. The lowest BCUT2D eigenvalue weighted by Crippen LogP contribution is -2.29. The maximum absolute atomic E-state index is 11.1. The van der Waals surface area contributed by atoms with Gasteiger partial charge in [0, 0.05) is 13.1 Å². The molecule has 0 unspecified atom stereocenters. The maximum atomic E-state index is 11.1. The number of carboxylic acid groups (broad SMARTS) is 1. The third kappa shape index (κ3) is 2.63. The van der Waals surface area contributed by atoms with Crippen molar-refractivity contribution in [1.82, 2.24) is 15.1 Å².